The molecule has 0 aliphatic carbocycles. The van der Waals surface area contributed by atoms with Crippen molar-refractivity contribution in [1.29, 1.82) is 0 Å². The quantitative estimate of drug-likeness (QED) is 0.772. The highest BCUT2D eigenvalue weighted by Gasteiger charge is 2.35. The molecule has 2 N–H and O–H groups in total. The number of nitrogens with two attached hydrogens (primary N) is 1. The summed E-state index contributed by atoms with van der Waals surface area (Å²) in [6.07, 6.45) is 0.238. The topological polar surface area (TPSA) is 72.6 Å². The van der Waals surface area contributed by atoms with E-state index in [9.17, 15) is 9.59 Å². The maximum absolute atomic E-state index is 12.3. The maximum Gasteiger partial charge on any atom is 0.261 e. The SMILES string of the molecule is COCC(CN)N1C(=O)Cc2ccccc2C1=O. The van der Waals surface area contributed by atoms with Crippen LogP contribution in [0.15, 0.2) is 24.3 Å². The third kappa shape index (κ3) is 2.14. The molecule has 1 atom stereocenters. The van der Waals surface area contributed by atoms with Crippen LogP contribution < -0.4 is 5.73 Å². The third-order valence-electron chi connectivity index (χ3n) is 3.07. The molecular formula is C13H16N2O3. The van der Waals surface area contributed by atoms with Gasteiger partial charge in [0.1, 0.15) is 0 Å². The number of hydrogen-bond acceptors (Lipinski definition) is 4. The summed E-state index contributed by atoms with van der Waals surface area (Å²) in [4.78, 5) is 25.6. The molecule has 5 heteroatoms. The fourth-order valence-electron chi connectivity index (χ4n) is 2.18. The summed E-state index contributed by atoms with van der Waals surface area (Å²) >= 11 is 0. The van der Waals surface area contributed by atoms with Gasteiger partial charge in [-0.1, -0.05) is 18.2 Å². The standard InChI is InChI=1S/C13H16N2O3/c1-18-8-10(7-14)15-12(16)6-9-4-2-3-5-11(9)13(15)17/h2-5,10H,6-8,14H2,1H3. The molecule has 1 aromatic carbocycles. The van der Waals surface area contributed by atoms with Crippen molar-refractivity contribution in [3.63, 3.8) is 0 Å². The second-order valence-electron chi connectivity index (χ2n) is 4.25. The summed E-state index contributed by atoms with van der Waals surface area (Å²) in [5, 5.41) is 0. The minimum Gasteiger partial charge on any atom is -0.382 e. The first-order chi connectivity index (χ1) is 8.69. The summed E-state index contributed by atoms with van der Waals surface area (Å²) in [5.74, 6) is -0.499. The monoisotopic (exact) mass is 248 g/mol. The van der Waals surface area contributed by atoms with Gasteiger partial charge >= 0.3 is 0 Å². The number of carbonyl (C=O) groups is 2. The average molecular weight is 248 g/mol. The normalized spacial score (nSPS) is 16.7. The lowest BCUT2D eigenvalue weighted by atomic mass is 9.97. The number of nitrogens with zero attached hydrogens (tertiary/aromatic N) is 1. The van der Waals surface area contributed by atoms with Gasteiger partial charge in [0.05, 0.1) is 19.1 Å². The summed E-state index contributed by atoms with van der Waals surface area (Å²) in [6, 6.07) is 6.75. The predicted octanol–water partition coefficient (Wildman–Crippen LogP) is 0.185. The molecule has 0 radical (unpaired) electrons. The number of rotatable bonds is 4. The number of methoxy groups -OCH3 is 1. The lowest BCUT2D eigenvalue weighted by Gasteiger charge is -2.32. The highest BCUT2D eigenvalue weighted by Crippen LogP contribution is 2.21. The smallest absolute Gasteiger partial charge is 0.261 e. The van der Waals surface area contributed by atoms with Crippen molar-refractivity contribution in [2.45, 2.75) is 12.5 Å². The van der Waals surface area contributed by atoms with Crippen molar-refractivity contribution in [2.24, 2.45) is 5.73 Å². The number of benzene rings is 1. The van der Waals surface area contributed by atoms with Crippen LogP contribution in [-0.4, -0.2) is 43.0 Å². The minimum absolute atomic E-state index is 0.202. The van der Waals surface area contributed by atoms with Gasteiger partial charge in [-0.3, -0.25) is 14.5 Å². The zero-order valence-electron chi connectivity index (χ0n) is 10.3. The molecule has 0 spiro atoms. The van der Waals surface area contributed by atoms with E-state index in [1.807, 2.05) is 6.07 Å². The first-order valence-electron chi connectivity index (χ1n) is 5.82. The van der Waals surface area contributed by atoms with Crippen molar-refractivity contribution in [3.8, 4) is 0 Å². The van der Waals surface area contributed by atoms with Gasteiger partial charge < -0.3 is 10.5 Å². The first-order valence-corrected chi connectivity index (χ1v) is 5.82. The average Bonchev–Trinajstić information content (AvgIpc) is 2.37. The van der Waals surface area contributed by atoms with E-state index in [-0.39, 0.29) is 31.4 Å². The first kappa shape index (κ1) is 12.7. The molecule has 0 saturated carbocycles. The molecule has 1 aliphatic heterocycles. The Morgan fingerprint density at radius 2 is 2.11 bits per heavy atom. The van der Waals surface area contributed by atoms with E-state index in [0.717, 1.165) is 5.56 Å². The van der Waals surface area contributed by atoms with Crippen LogP contribution in [0.4, 0.5) is 0 Å². The van der Waals surface area contributed by atoms with Gasteiger partial charge in [0, 0.05) is 19.2 Å². The Balaban J connectivity index is 2.34. The van der Waals surface area contributed by atoms with Gasteiger partial charge in [0.15, 0.2) is 0 Å². The van der Waals surface area contributed by atoms with Crippen molar-refractivity contribution in [3.05, 3.63) is 35.4 Å². The molecule has 1 unspecified atom stereocenters. The van der Waals surface area contributed by atoms with Gasteiger partial charge in [-0.25, -0.2) is 0 Å². The van der Waals surface area contributed by atoms with Crippen molar-refractivity contribution < 1.29 is 14.3 Å². The van der Waals surface area contributed by atoms with Crippen LogP contribution in [0.1, 0.15) is 15.9 Å². The molecule has 1 aromatic rings. The molecule has 1 aliphatic rings. The molecule has 2 rings (SSSR count). The second kappa shape index (κ2) is 5.29. The Bertz CT molecular complexity index is 473. The fraction of sp³-hybridized carbons (Fsp3) is 0.385. The van der Waals surface area contributed by atoms with E-state index in [0.29, 0.717) is 5.56 Å². The molecule has 18 heavy (non-hydrogen) atoms. The summed E-state index contributed by atoms with van der Waals surface area (Å²) in [5.41, 5.74) is 6.96. The Hall–Kier alpha value is -1.72. The van der Waals surface area contributed by atoms with E-state index in [4.69, 9.17) is 10.5 Å². The summed E-state index contributed by atoms with van der Waals surface area (Å²) in [6.45, 7) is 0.462. The van der Waals surface area contributed by atoms with Crippen LogP contribution in [0.5, 0.6) is 0 Å². The third-order valence-corrected chi connectivity index (χ3v) is 3.07. The van der Waals surface area contributed by atoms with E-state index in [2.05, 4.69) is 0 Å². The summed E-state index contributed by atoms with van der Waals surface area (Å²) < 4.78 is 5.01. The number of carbonyl (C=O) groups excluding carboxylic acids is 2. The lowest BCUT2D eigenvalue weighted by Crippen LogP contribution is -2.53. The van der Waals surface area contributed by atoms with E-state index in [1.54, 1.807) is 18.2 Å². The van der Waals surface area contributed by atoms with Crippen molar-refractivity contribution in [1.82, 2.24) is 4.90 Å². The molecule has 2 amide bonds. The molecular weight excluding hydrogens is 232 g/mol. The van der Waals surface area contributed by atoms with Gasteiger partial charge in [-0.15, -0.1) is 0 Å². The van der Waals surface area contributed by atoms with Gasteiger partial charge in [-0.2, -0.15) is 0 Å². The number of ether oxygens (including phenoxy) is 1. The molecule has 0 fully saturated rings. The predicted molar refractivity (Wildman–Crippen MR) is 66.0 cm³/mol. The van der Waals surface area contributed by atoms with Crippen LogP contribution in [0, 0.1) is 0 Å². The lowest BCUT2D eigenvalue weighted by molar-refractivity contribution is -0.131. The molecule has 0 bridgehead atoms. The van der Waals surface area contributed by atoms with Crippen LogP contribution >= 0.6 is 0 Å². The molecule has 0 aromatic heterocycles. The zero-order valence-corrected chi connectivity index (χ0v) is 10.3. The molecule has 0 saturated heterocycles. The van der Waals surface area contributed by atoms with Crippen LogP contribution in [0.3, 0.4) is 0 Å². The van der Waals surface area contributed by atoms with Gasteiger partial charge in [0.25, 0.3) is 5.91 Å². The van der Waals surface area contributed by atoms with Crippen LogP contribution in [0.25, 0.3) is 0 Å². The largest absolute Gasteiger partial charge is 0.382 e. The van der Waals surface area contributed by atoms with Gasteiger partial charge in [-0.05, 0) is 11.6 Å². The fourth-order valence-corrected chi connectivity index (χ4v) is 2.18. The Kier molecular flexibility index (Phi) is 3.74. The van der Waals surface area contributed by atoms with E-state index < -0.39 is 6.04 Å². The highest BCUT2D eigenvalue weighted by molar-refractivity contribution is 6.10. The summed E-state index contributed by atoms with van der Waals surface area (Å²) in [7, 11) is 1.52. The Morgan fingerprint density at radius 3 is 2.78 bits per heavy atom. The number of hydrogen-bond donors (Lipinski definition) is 1. The maximum atomic E-state index is 12.3. The molecule has 5 nitrogen and oxygen atoms in total. The van der Waals surface area contributed by atoms with Crippen LogP contribution in [0.2, 0.25) is 0 Å². The van der Waals surface area contributed by atoms with Gasteiger partial charge in [0.2, 0.25) is 5.91 Å². The van der Waals surface area contributed by atoms with Crippen LogP contribution in [-0.2, 0) is 16.0 Å². The zero-order chi connectivity index (χ0) is 13.1. The Labute approximate surface area is 106 Å². The number of imide groups is 1. The Morgan fingerprint density at radius 1 is 1.39 bits per heavy atom. The second-order valence-corrected chi connectivity index (χ2v) is 4.25. The van der Waals surface area contributed by atoms with Crippen molar-refractivity contribution >= 4 is 11.8 Å². The van der Waals surface area contributed by atoms with E-state index in [1.165, 1.54) is 12.0 Å². The minimum atomic E-state index is -0.400. The van der Waals surface area contributed by atoms with Crippen molar-refractivity contribution in [2.75, 3.05) is 20.3 Å². The molecule has 96 valence electrons. The molecule has 1 heterocycles. The number of fused-ring (bicyclic) bond motifs is 1. The van der Waals surface area contributed by atoms with E-state index >= 15 is 0 Å². The highest BCUT2D eigenvalue weighted by atomic mass is 16.5. The number of amides is 2.